The maximum absolute atomic E-state index is 11.5. The van der Waals surface area contributed by atoms with Crippen LogP contribution in [0.5, 0.6) is 17.2 Å². The molecule has 0 bridgehead atoms. The van der Waals surface area contributed by atoms with E-state index in [4.69, 9.17) is 18.9 Å². The number of nitro groups is 1. The topological polar surface area (TPSA) is 111 Å². The number of rotatable bonds is 6. The largest absolute Gasteiger partial charge is 0.467 e. The lowest BCUT2D eigenvalue weighted by Gasteiger charge is -2.20. The van der Waals surface area contributed by atoms with Crippen molar-refractivity contribution in [2.75, 3.05) is 13.6 Å². The molecule has 0 amide bonds. The Morgan fingerprint density at radius 3 is 2.69 bits per heavy atom. The first kappa shape index (κ1) is 21.4. The Labute approximate surface area is 203 Å². The summed E-state index contributed by atoms with van der Waals surface area (Å²) in [5.41, 5.74) is 3.07. The minimum atomic E-state index is -0.409. The molecule has 10 nitrogen and oxygen atoms in total. The third kappa shape index (κ3) is 4.04. The van der Waals surface area contributed by atoms with Crippen LogP contribution in [0.2, 0.25) is 0 Å². The van der Waals surface area contributed by atoms with Crippen LogP contribution >= 0.6 is 11.8 Å². The quantitative estimate of drug-likeness (QED) is 0.215. The van der Waals surface area contributed by atoms with Crippen LogP contribution in [0, 0.1) is 10.1 Å². The molecular weight excluding hydrogens is 472 g/mol. The predicted octanol–water partition coefficient (Wildman–Crippen LogP) is 4.73. The van der Waals surface area contributed by atoms with Gasteiger partial charge in [-0.15, -0.1) is 10.2 Å². The van der Waals surface area contributed by atoms with Gasteiger partial charge in [0.2, 0.25) is 6.79 Å². The van der Waals surface area contributed by atoms with E-state index in [2.05, 4.69) is 10.2 Å². The summed E-state index contributed by atoms with van der Waals surface area (Å²) in [6.45, 7) is 0.561. The highest BCUT2D eigenvalue weighted by Gasteiger charge is 2.23. The summed E-state index contributed by atoms with van der Waals surface area (Å²) < 4.78 is 23.9. The Bertz CT molecular complexity index is 1430. The molecule has 0 spiro atoms. The molecule has 0 unspecified atom stereocenters. The van der Waals surface area contributed by atoms with E-state index in [-0.39, 0.29) is 25.9 Å². The molecule has 0 N–H and O–H groups in total. The fourth-order valence-corrected chi connectivity index (χ4v) is 4.95. The van der Waals surface area contributed by atoms with E-state index in [1.165, 1.54) is 17.8 Å². The van der Waals surface area contributed by atoms with E-state index >= 15 is 0 Å². The molecule has 3 aromatic carbocycles. The zero-order valence-electron chi connectivity index (χ0n) is 18.2. The fraction of sp³-hybridized carbons (Fsp3) is 0.167. The van der Waals surface area contributed by atoms with Gasteiger partial charge in [0, 0.05) is 40.3 Å². The van der Waals surface area contributed by atoms with Gasteiger partial charge in [-0.1, -0.05) is 30.0 Å². The third-order valence-corrected chi connectivity index (χ3v) is 6.60. The highest BCUT2D eigenvalue weighted by molar-refractivity contribution is 7.98. The highest BCUT2D eigenvalue weighted by Crippen LogP contribution is 2.39. The number of thioether (sulfide) groups is 1. The molecule has 0 atom stereocenters. The van der Waals surface area contributed by atoms with Crippen LogP contribution in [0.4, 0.5) is 5.69 Å². The molecule has 0 aliphatic carbocycles. The van der Waals surface area contributed by atoms with Crippen LogP contribution in [0.15, 0.2) is 65.8 Å². The molecule has 4 aromatic rings. The molecule has 11 heteroatoms. The van der Waals surface area contributed by atoms with Crippen molar-refractivity contribution in [1.29, 1.82) is 0 Å². The SMILES string of the molecule is O=[N+]([O-])c1cc2c(c(CSc3nnc(-c4ccc5c(c4)OCO5)n3-c3ccccc3)c1)OCOC2. The first-order valence-corrected chi connectivity index (χ1v) is 11.7. The molecule has 3 heterocycles. The van der Waals surface area contributed by atoms with E-state index in [0.717, 1.165) is 11.3 Å². The van der Waals surface area contributed by atoms with E-state index < -0.39 is 4.92 Å². The van der Waals surface area contributed by atoms with Crippen LogP contribution < -0.4 is 14.2 Å². The number of para-hydroxylation sites is 1. The van der Waals surface area contributed by atoms with Crippen LogP contribution in [-0.2, 0) is 17.1 Å². The minimum absolute atomic E-state index is 0.000903. The van der Waals surface area contributed by atoms with Crippen molar-refractivity contribution in [3.63, 3.8) is 0 Å². The lowest BCUT2D eigenvalue weighted by atomic mass is 10.1. The van der Waals surface area contributed by atoms with Crippen molar-refractivity contribution in [1.82, 2.24) is 14.8 Å². The number of fused-ring (bicyclic) bond motifs is 2. The molecule has 1 aromatic heterocycles. The summed E-state index contributed by atoms with van der Waals surface area (Å²) in [6, 6.07) is 18.4. The molecule has 0 fully saturated rings. The molecule has 35 heavy (non-hydrogen) atoms. The van der Waals surface area contributed by atoms with Crippen molar-refractivity contribution in [2.45, 2.75) is 17.5 Å². The highest BCUT2D eigenvalue weighted by atomic mass is 32.2. The van der Waals surface area contributed by atoms with Crippen LogP contribution in [-0.4, -0.2) is 33.3 Å². The van der Waals surface area contributed by atoms with Gasteiger partial charge in [0.05, 0.1) is 11.5 Å². The molecule has 2 aliphatic heterocycles. The van der Waals surface area contributed by atoms with Gasteiger partial charge in [-0.2, -0.15) is 0 Å². The van der Waals surface area contributed by atoms with Crippen LogP contribution in [0.25, 0.3) is 17.1 Å². The average molecular weight is 490 g/mol. The number of aromatic nitrogens is 3. The Kier molecular flexibility index (Phi) is 5.47. The summed E-state index contributed by atoms with van der Waals surface area (Å²) in [6.07, 6.45) is 0. The second kappa shape index (κ2) is 8.93. The summed E-state index contributed by atoms with van der Waals surface area (Å²) in [7, 11) is 0. The number of nitrogens with zero attached hydrogens (tertiary/aromatic N) is 4. The minimum Gasteiger partial charge on any atom is -0.467 e. The van der Waals surface area contributed by atoms with E-state index in [1.54, 1.807) is 6.07 Å². The Morgan fingerprint density at radius 2 is 1.83 bits per heavy atom. The predicted molar refractivity (Wildman–Crippen MR) is 126 cm³/mol. The summed E-state index contributed by atoms with van der Waals surface area (Å²) in [5, 5.41) is 21.0. The second-order valence-corrected chi connectivity index (χ2v) is 8.74. The van der Waals surface area contributed by atoms with Crippen molar-refractivity contribution in [3.05, 3.63) is 81.9 Å². The number of ether oxygens (including phenoxy) is 4. The van der Waals surface area contributed by atoms with E-state index in [1.807, 2.05) is 53.1 Å². The lowest BCUT2D eigenvalue weighted by Crippen LogP contribution is -2.13. The van der Waals surface area contributed by atoms with Crippen LogP contribution in [0.1, 0.15) is 11.1 Å². The smallest absolute Gasteiger partial charge is 0.270 e. The molecule has 0 saturated heterocycles. The summed E-state index contributed by atoms with van der Waals surface area (Å²) >= 11 is 1.42. The average Bonchev–Trinajstić information content (AvgIpc) is 3.54. The zero-order valence-corrected chi connectivity index (χ0v) is 19.1. The van der Waals surface area contributed by atoms with Gasteiger partial charge in [0.25, 0.3) is 5.69 Å². The maximum Gasteiger partial charge on any atom is 0.270 e. The first-order valence-electron chi connectivity index (χ1n) is 10.7. The van der Waals surface area contributed by atoms with Gasteiger partial charge in [-0.3, -0.25) is 14.7 Å². The first-order chi connectivity index (χ1) is 17.2. The zero-order chi connectivity index (χ0) is 23.8. The number of hydrogen-bond donors (Lipinski definition) is 0. The molecule has 0 radical (unpaired) electrons. The third-order valence-electron chi connectivity index (χ3n) is 5.62. The van der Waals surface area contributed by atoms with E-state index in [9.17, 15) is 10.1 Å². The molecule has 6 rings (SSSR count). The number of non-ortho nitro benzene ring substituents is 1. The second-order valence-electron chi connectivity index (χ2n) is 7.79. The molecular formula is C24H18N4O6S. The maximum atomic E-state index is 11.5. The van der Waals surface area contributed by atoms with Gasteiger partial charge in [-0.05, 0) is 30.3 Å². The van der Waals surface area contributed by atoms with Gasteiger partial charge < -0.3 is 18.9 Å². The monoisotopic (exact) mass is 490 g/mol. The Hall–Kier alpha value is -4.09. The van der Waals surface area contributed by atoms with Crippen LogP contribution in [0.3, 0.4) is 0 Å². The number of nitro benzene ring substituents is 1. The molecule has 2 aliphatic rings. The Balaban J connectivity index is 1.38. The van der Waals surface area contributed by atoms with Crippen molar-refractivity contribution < 1.29 is 23.9 Å². The summed E-state index contributed by atoms with van der Waals surface area (Å²) in [5.74, 6) is 3.00. The van der Waals surface area contributed by atoms with Gasteiger partial charge >= 0.3 is 0 Å². The van der Waals surface area contributed by atoms with Crippen molar-refractivity contribution in [3.8, 4) is 34.3 Å². The Morgan fingerprint density at radius 1 is 0.971 bits per heavy atom. The number of benzene rings is 3. The van der Waals surface area contributed by atoms with Gasteiger partial charge in [-0.25, -0.2) is 0 Å². The van der Waals surface area contributed by atoms with Gasteiger partial charge in [0.15, 0.2) is 29.3 Å². The lowest BCUT2D eigenvalue weighted by molar-refractivity contribution is -0.385. The van der Waals surface area contributed by atoms with Crippen molar-refractivity contribution in [2.24, 2.45) is 0 Å². The standard InChI is InChI=1S/C24H18N4O6S/c29-28(30)19-8-16-11-31-13-34-22(16)17(9-19)12-35-24-26-25-23(27(24)18-4-2-1-3-5-18)15-6-7-20-21(10-15)33-14-32-20/h1-10H,11-14H2. The normalized spacial score (nSPS) is 13.8. The number of hydrogen-bond acceptors (Lipinski definition) is 9. The van der Waals surface area contributed by atoms with Gasteiger partial charge in [0.1, 0.15) is 5.75 Å². The van der Waals surface area contributed by atoms with E-state index in [0.29, 0.717) is 45.1 Å². The fourth-order valence-electron chi connectivity index (χ4n) is 4.03. The molecule has 0 saturated carbocycles. The van der Waals surface area contributed by atoms with Crippen molar-refractivity contribution >= 4 is 17.4 Å². The molecule has 176 valence electrons. The summed E-state index contributed by atoms with van der Waals surface area (Å²) in [4.78, 5) is 11.1.